The average Bonchev–Trinajstić information content (AvgIpc) is 2.25. The van der Waals surface area contributed by atoms with Gasteiger partial charge in [-0.05, 0) is 13.8 Å². The van der Waals surface area contributed by atoms with E-state index in [0.717, 1.165) is 12.3 Å². The third-order valence-corrected chi connectivity index (χ3v) is 1.77. The molecule has 8 heteroatoms. The van der Waals surface area contributed by atoms with Crippen LogP contribution >= 0.6 is 0 Å². The second-order valence-electron chi connectivity index (χ2n) is 3.54. The zero-order chi connectivity index (χ0) is 13.1. The molecular formula is C9H11F3N4O. The molecule has 1 rings (SSSR count). The van der Waals surface area contributed by atoms with Gasteiger partial charge in [-0.25, -0.2) is 0 Å². The number of aromatic nitrogens is 1. The van der Waals surface area contributed by atoms with Crippen molar-refractivity contribution in [3.8, 4) is 0 Å². The molecule has 0 saturated carbocycles. The lowest BCUT2D eigenvalue weighted by molar-refractivity contribution is -0.559. The maximum Gasteiger partial charge on any atom is 0.433 e. The lowest BCUT2D eigenvalue weighted by atomic mass is 10.3. The minimum atomic E-state index is -4.52. The van der Waals surface area contributed by atoms with Crippen LogP contribution in [0.2, 0.25) is 0 Å². The van der Waals surface area contributed by atoms with Crippen LogP contribution in [0.15, 0.2) is 23.6 Å². The van der Waals surface area contributed by atoms with Crippen molar-refractivity contribution in [2.45, 2.75) is 26.1 Å². The molecule has 1 N–H and O–H groups in total. The fourth-order valence-electron chi connectivity index (χ4n) is 0.878. The number of hydroxylamine groups is 1. The van der Waals surface area contributed by atoms with Crippen LogP contribution in [0.5, 0.6) is 0 Å². The van der Waals surface area contributed by atoms with Crippen LogP contribution in [-0.2, 0) is 6.18 Å². The third kappa shape index (κ3) is 3.89. The molecule has 0 spiro atoms. The van der Waals surface area contributed by atoms with Crippen LogP contribution in [0.3, 0.4) is 0 Å². The van der Waals surface area contributed by atoms with Gasteiger partial charge < -0.3 is 5.21 Å². The number of alkyl halides is 3. The van der Waals surface area contributed by atoms with Crippen molar-refractivity contribution in [1.82, 2.24) is 4.98 Å². The van der Waals surface area contributed by atoms with Gasteiger partial charge in [0.2, 0.25) is 0 Å². The van der Waals surface area contributed by atoms with Gasteiger partial charge in [0, 0.05) is 18.3 Å². The van der Waals surface area contributed by atoms with E-state index in [9.17, 15) is 18.4 Å². The minimum absolute atomic E-state index is 0.0498. The van der Waals surface area contributed by atoms with Crippen LogP contribution < -0.4 is 5.43 Å². The van der Waals surface area contributed by atoms with Crippen LogP contribution in [0.4, 0.5) is 18.9 Å². The van der Waals surface area contributed by atoms with Crippen LogP contribution in [0, 0.1) is 5.21 Å². The van der Waals surface area contributed by atoms with Gasteiger partial charge in [-0.3, -0.25) is 4.98 Å². The molecule has 0 aliphatic carbocycles. The van der Waals surface area contributed by atoms with Crippen molar-refractivity contribution in [3.63, 3.8) is 0 Å². The van der Waals surface area contributed by atoms with Crippen LogP contribution in [0.25, 0.3) is 0 Å². The molecule has 1 aromatic rings. The number of rotatable bonds is 3. The Labute approximate surface area is 95.5 Å². The monoisotopic (exact) mass is 248 g/mol. The van der Waals surface area contributed by atoms with Crippen LogP contribution in [0.1, 0.15) is 19.5 Å². The second-order valence-corrected chi connectivity index (χ2v) is 3.54. The van der Waals surface area contributed by atoms with Crippen molar-refractivity contribution < 1.29 is 18.0 Å². The number of halogens is 3. The average molecular weight is 248 g/mol. The first-order valence-electron chi connectivity index (χ1n) is 4.77. The smallest absolute Gasteiger partial charge is 0.433 e. The second kappa shape index (κ2) is 4.98. The van der Waals surface area contributed by atoms with E-state index in [2.05, 4.69) is 15.6 Å². The summed E-state index contributed by atoms with van der Waals surface area (Å²) in [5.74, 6) is 0. The van der Waals surface area contributed by atoms with Gasteiger partial charge in [0.15, 0.2) is 5.69 Å². The van der Waals surface area contributed by atoms with Gasteiger partial charge in [0.25, 0.3) is 0 Å². The SMILES string of the molecule is CC(C)/[N+]([O-])=N/Nc1ccnc(C(F)(F)F)c1. The standard InChI is InChI=1S/C9H11F3N4O/c1-6(2)16(17)15-14-7-3-4-13-8(5-7)9(10,11)12/h3-6H,1-2H3,(H,13,14)/b16-15-. The van der Waals surface area contributed by atoms with Crippen molar-refractivity contribution in [1.29, 1.82) is 0 Å². The number of pyridine rings is 1. The molecule has 0 amide bonds. The predicted molar refractivity (Wildman–Crippen MR) is 54.1 cm³/mol. The normalized spacial score (nSPS) is 12.9. The summed E-state index contributed by atoms with van der Waals surface area (Å²) in [4.78, 5) is 3.53. The zero-order valence-electron chi connectivity index (χ0n) is 9.19. The van der Waals surface area contributed by atoms with Gasteiger partial charge in [-0.1, -0.05) is 0 Å². The maximum atomic E-state index is 12.3. The Morgan fingerprint density at radius 2 is 2.12 bits per heavy atom. The lowest BCUT2D eigenvalue weighted by Crippen LogP contribution is -2.13. The predicted octanol–water partition coefficient (Wildman–Crippen LogP) is 2.80. The van der Waals surface area contributed by atoms with Gasteiger partial charge in [-0.2, -0.15) is 18.0 Å². The lowest BCUT2D eigenvalue weighted by Gasteiger charge is -2.09. The van der Waals surface area contributed by atoms with E-state index in [1.54, 1.807) is 13.8 Å². The molecule has 94 valence electrons. The van der Waals surface area contributed by atoms with Crippen LogP contribution in [-0.4, -0.2) is 15.9 Å². The first kappa shape index (κ1) is 13.2. The molecule has 0 aliphatic rings. The van der Waals surface area contributed by atoms with Gasteiger partial charge >= 0.3 is 6.18 Å². The van der Waals surface area contributed by atoms with Gasteiger partial charge in [0.1, 0.15) is 11.7 Å². The molecule has 0 atom stereocenters. The Balaban J connectivity index is 2.84. The minimum Gasteiger partial charge on any atom is -0.696 e. The van der Waals surface area contributed by atoms with Crippen molar-refractivity contribution in [2.24, 2.45) is 5.22 Å². The highest BCUT2D eigenvalue weighted by Crippen LogP contribution is 2.28. The molecule has 0 unspecified atom stereocenters. The number of nitrogens with one attached hydrogen (secondary N) is 1. The topological polar surface area (TPSA) is 63.4 Å². The number of hydrogen-bond donors (Lipinski definition) is 1. The first-order valence-corrected chi connectivity index (χ1v) is 4.77. The van der Waals surface area contributed by atoms with E-state index in [-0.39, 0.29) is 5.69 Å². The summed E-state index contributed by atoms with van der Waals surface area (Å²) in [6.07, 6.45) is -3.53. The van der Waals surface area contributed by atoms with E-state index in [0.29, 0.717) is 4.86 Å². The summed E-state index contributed by atoms with van der Waals surface area (Å²) in [6, 6.07) is 1.66. The zero-order valence-corrected chi connectivity index (χ0v) is 9.19. The van der Waals surface area contributed by atoms with E-state index in [1.807, 2.05) is 0 Å². The number of hydrogen-bond acceptors (Lipinski definition) is 3. The molecule has 1 aromatic heterocycles. The van der Waals surface area contributed by atoms with E-state index >= 15 is 0 Å². The summed E-state index contributed by atoms with van der Waals surface area (Å²) in [5.41, 5.74) is 1.24. The third-order valence-electron chi connectivity index (χ3n) is 1.77. The van der Waals surface area contributed by atoms with Crippen molar-refractivity contribution in [3.05, 3.63) is 29.2 Å². The molecule has 17 heavy (non-hydrogen) atoms. The summed E-state index contributed by atoms with van der Waals surface area (Å²) in [6.45, 7) is 3.21. The molecule has 1 heterocycles. The number of nitrogens with zero attached hydrogens (tertiary/aromatic N) is 3. The Morgan fingerprint density at radius 1 is 1.47 bits per heavy atom. The Bertz CT molecular complexity index is 417. The molecule has 0 radical (unpaired) electrons. The maximum absolute atomic E-state index is 12.3. The fraction of sp³-hybridized carbons (Fsp3) is 0.444. The Morgan fingerprint density at radius 3 is 2.65 bits per heavy atom. The highest BCUT2D eigenvalue weighted by Gasteiger charge is 2.32. The Kier molecular flexibility index (Phi) is 3.87. The van der Waals surface area contributed by atoms with E-state index < -0.39 is 17.9 Å². The van der Waals surface area contributed by atoms with Crippen molar-refractivity contribution in [2.75, 3.05) is 5.43 Å². The summed E-state index contributed by atoms with van der Waals surface area (Å²) in [7, 11) is 0. The Hall–Kier alpha value is -1.86. The molecule has 5 nitrogen and oxygen atoms in total. The number of anilines is 1. The molecule has 0 bridgehead atoms. The molecule has 0 fully saturated rings. The quantitative estimate of drug-likeness (QED) is 0.508. The highest BCUT2D eigenvalue weighted by atomic mass is 19.4. The summed E-state index contributed by atoms with van der Waals surface area (Å²) in [5, 5.41) is 14.4. The summed E-state index contributed by atoms with van der Waals surface area (Å²) >= 11 is 0. The molecule has 0 aliphatic heterocycles. The van der Waals surface area contributed by atoms with E-state index in [4.69, 9.17) is 0 Å². The molecule has 0 saturated heterocycles. The molecule has 0 aromatic carbocycles. The first-order chi connectivity index (χ1) is 7.80. The largest absolute Gasteiger partial charge is 0.696 e. The van der Waals surface area contributed by atoms with Crippen molar-refractivity contribution >= 4 is 5.69 Å². The van der Waals surface area contributed by atoms with Gasteiger partial charge in [0.05, 0.1) is 5.22 Å². The van der Waals surface area contributed by atoms with Gasteiger partial charge in [-0.15, -0.1) is 5.43 Å². The molecular weight excluding hydrogens is 237 g/mol. The summed E-state index contributed by atoms with van der Waals surface area (Å²) < 4.78 is 36.9. The highest BCUT2D eigenvalue weighted by molar-refractivity contribution is 5.42. The van der Waals surface area contributed by atoms with E-state index in [1.165, 1.54) is 6.07 Å². The fourth-order valence-corrected chi connectivity index (χ4v) is 0.878.